The third-order valence-corrected chi connectivity index (χ3v) is 4.39. The van der Waals surface area contributed by atoms with Crippen LogP contribution in [0.5, 0.6) is 0 Å². The number of amides is 2. The molecule has 0 saturated heterocycles. The number of hydrogen-bond acceptors (Lipinski definition) is 7. The molecule has 1 atom stereocenters. The zero-order chi connectivity index (χ0) is 22.9. The van der Waals surface area contributed by atoms with Crippen LogP contribution < -0.4 is 10.9 Å². The second-order valence-corrected chi connectivity index (χ2v) is 6.72. The number of pyridine rings is 1. The van der Waals surface area contributed by atoms with Gasteiger partial charge in [-0.05, 0) is 24.1 Å². The van der Waals surface area contributed by atoms with E-state index >= 15 is 0 Å². The van der Waals surface area contributed by atoms with Gasteiger partial charge in [0.1, 0.15) is 0 Å². The van der Waals surface area contributed by atoms with Crippen molar-refractivity contribution in [2.24, 2.45) is 5.92 Å². The predicted molar refractivity (Wildman–Crippen MR) is 104 cm³/mol. The van der Waals surface area contributed by atoms with Crippen molar-refractivity contribution in [2.45, 2.75) is 38.8 Å². The Morgan fingerprint density at radius 2 is 2.00 bits per heavy atom. The van der Waals surface area contributed by atoms with Gasteiger partial charge < -0.3 is 0 Å². The highest BCUT2D eigenvalue weighted by molar-refractivity contribution is 5.82. The summed E-state index contributed by atoms with van der Waals surface area (Å²) in [6.07, 6.45) is 2.10. The molecule has 2 aromatic rings. The zero-order valence-electron chi connectivity index (χ0n) is 16.8. The van der Waals surface area contributed by atoms with Crippen molar-refractivity contribution in [3.05, 3.63) is 36.5 Å². The third-order valence-electron chi connectivity index (χ3n) is 4.39. The highest BCUT2D eigenvalue weighted by atomic mass is 19.4. The van der Waals surface area contributed by atoms with Crippen molar-refractivity contribution in [2.75, 3.05) is 12.0 Å². The lowest BCUT2D eigenvalue weighted by atomic mass is 10.0. The lowest BCUT2D eigenvalue weighted by Gasteiger charge is -2.20. The minimum atomic E-state index is -4.78. The maximum absolute atomic E-state index is 13.1. The van der Waals surface area contributed by atoms with E-state index in [1.54, 1.807) is 12.1 Å². The summed E-state index contributed by atoms with van der Waals surface area (Å²) < 4.78 is 39.2. The molecule has 3 N–H and O–H groups in total. The van der Waals surface area contributed by atoms with Gasteiger partial charge in [0, 0.05) is 24.2 Å². The summed E-state index contributed by atoms with van der Waals surface area (Å²) in [6, 6.07) is 3.11. The SMILES string of the molecule is CCCCCC(CN(O)C=O)C(=O)NNc1nc(C(F)(F)F)ncc1-c1ccncc1. The van der Waals surface area contributed by atoms with Crippen LogP contribution in [0.3, 0.4) is 0 Å². The molecular weight excluding hydrogens is 417 g/mol. The van der Waals surface area contributed by atoms with Gasteiger partial charge in [0.05, 0.1) is 12.5 Å². The molecule has 0 aliphatic heterocycles. The Labute approximate surface area is 176 Å². The Morgan fingerprint density at radius 1 is 1.29 bits per heavy atom. The van der Waals surface area contributed by atoms with E-state index < -0.39 is 23.8 Å². The largest absolute Gasteiger partial charge is 0.451 e. The monoisotopic (exact) mass is 440 g/mol. The zero-order valence-corrected chi connectivity index (χ0v) is 16.8. The Bertz CT molecular complexity index is 867. The van der Waals surface area contributed by atoms with Crippen molar-refractivity contribution < 1.29 is 28.0 Å². The number of halogens is 3. The van der Waals surface area contributed by atoms with Gasteiger partial charge in [-0.1, -0.05) is 26.2 Å². The molecule has 0 aliphatic carbocycles. The van der Waals surface area contributed by atoms with Gasteiger partial charge >= 0.3 is 6.18 Å². The smallest absolute Gasteiger partial charge is 0.286 e. The number of rotatable bonds is 11. The minimum Gasteiger partial charge on any atom is -0.286 e. The highest BCUT2D eigenvalue weighted by Gasteiger charge is 2.35. The number of hydroxylamine groups is 2. The van der Waals surface area contributed by atoms with E-state index in [2.05, 4.69) is 25.8 Å². The molecule has 0 aromatic carbocycles. The van der Waals surface area contributed by atoms with Crippen LogP contribution in [-0.2, 0) is 15.8 Å². The number of aromatic nitrogens is 3. The molecule has 2 heterocycles. The number of nitrogens with one attached hydrogen (secondary N) is 2. The molecule has 0 bridgehead atoms. The van der Waals surface area contributed by atoms with Crippen LogP contribution >= 0.6 is 0 Å². The van der Waals surface area contributed by atoms with Gasteiger partial charge in [0.2, 0.25) is 18.1 Å². The highest BCUT2D eigenvalue weighted by Crippen LogP contribution is 2.31. The Hall–Kier alpha value is -3.28. The maximum Gasteiger partial charge on any atom is 0.451 e. The molecule has 9 nitrogen and oxygen atoms in total. The lowest BCUT2D eigenvalue weighted by molar-refractivity contribution is -0.154. The molecule has 31 heavy (non-hydrogen) atoms. The fourth-order valence-electron chi connectivity index (χ4n) is 2.79. The second kappa shape index (κ2) is 11.2. The maximum atomic E-state index is 13.1. The number of hydrazine groups is 1. The molecule has 2 rings (SSSR count). The minimum absolute atomic E-state index is 0.176. The van der Waals surface area contributed by atoms with Gasteiger partial charge in [0.25, 0.3) is 0 Å². The van der Waals surface area contributed by atoms with Crippen LogP contribution in [0, 0.1) is 5.92 Å². The summed E-state index contributed by atoms with van der Waals surface area (Å²) in [5, 5.41) is 9.80. The summed E-state index contributed by atoms with van der Waals surface area (Å²) in [6.45, 7) is 1.73. The van der Waals surface area contributed by atoms with Crippen molar-refractivity contribution in [1.82, 2.24) is 25.4 Å². The number of alkyl halides is 3. The molecule has 2 amide bonds. The Balaban J connectivity index is 2.23. The summed E-state index contributed by atoms with van der Waals surface area (Å²) in [4.78, 5) is 34.0. The summed E-state index contributed by atoms with van der Waals surface area (Å²) in [7, 11) is 0. The second-order valence-electron chi connectivity index (χ2n) is 6.72. The molecule has 2 aromatic heterocycles. The molecule has 0 radical (unpaired) electrons. The first-order valence-corrected chi connectivity index (χ1v) is 9.57. The number of unbranched alkanes of at least 4 members (excludes halogenated alkanes) is 2. The molecule has 0 aliphatic rings. The number of hydrogen-bond donors (Lipinski definition) is 3. The van der Waals surface area contributed by atoms with Crippen molar-refractivity contribution >= 4 is 18.1 Å². The van der Waals surface area contributed by atoms with E-state index in [1.807, 2.05) is 6.92 Å². The Morgan fingerprint density at radius 3 is 2.61 bits per heavy atom. The Kier molecular flexibility index (Phi) is 8.67. The normalized spacial score (nSPS) is 12.2. The van der Waals surface area contributed by atoms with E-state index in [9.17, 15) is 28.0 Å². The van der Waals surface area contributed by atoms with Gasteiger partial charge in [-0.25, -0.2) is 15.0 Å². The van der Waals surface area contributed by atoms with Crippen molar-refractivity contribution in [3.8, 4) is 11.1 Å². The quantitative estimate of drug-likeness (QED) is 0.213. The van der Waals surface area contributed by atoms with Crippen molar-refractivity contribution in [3.63, 3.8) is 0 Å². The fraction of sp³-hybridized carbons (Fsp3) is 0.421. The lowest BCUT2D eigenvalue weighted by Crippen LogP contribution is -2.40. The molecule has 168 valence electrons. The first kappa shape index (κ1) is 24.0. The summed E-state index contributed by atoms with van der Waals surface area (Å²) in [5.41, 5.74) is 5.46. The molecule has 0 fully saturated rings. The van der Waals surface area contributed by atoms with E-state index in [4.69, 9.17) is 0 Å². The third kappa shape index (κ3) is 7.17. The standard InChI is InChI=1S/C19H23F3N6O3/c1-2-3-4-5-14(11-28(31)12-29)17(30)27-26-16-15(13-6-8-23-9-7-13)10-24-18(25-16)19(20,21)22/h6-10,12,14,31H,2-5,11H2,1H3,(H,27,30)(H,24,25,26). The summed E-state index contributed by atoms with van der Waals surface area (Å²) >= 11 is 0. The van der Waals surface area contributed by atoms with Crippen LogP contribution in [-0.4, -0.2) is 44.1 Å². The first-order chi connectivity index (χ1) is 14.8. The summed E-state index contributed by atoms with van der Waals surface area (Å²) in [5.74, 6) is -3.01. The molecule has 0 spiro atoms. The van der Waals surface area contributed by atoms with E-state index in [-0.39, 0.29) is 24.3 Å². The number of nitrogens with zero attached hydrogens (tertiary/aromatic N) is 4. The number of anilines is 1. The van der Waals surface area contributed by atoms with E-state index in [0.29, 0.717) is 23.5 Å². The van der Waals surface area contributed by atoms with Gasteiger partial charge in [0.15, 0.2) is 5.82 Å². The molecular formula is C19H23F3N6O3. The average Bonchev–Trinajstić information content (AvgIpc) is 2.76. The number of carbonyl (C=O) groups is 2. The van der Waals surface area contributed by atoms with Gasteiger partial charge in [-0.2, -0.15) is 13.2 Å². The van der Waals surface area contributed by atoms with E-state index in [0.717, 1.165) is 19.0 Å². The molecule has 0 saturated carbocycles. The first-order valence-electron chi connectivity index (χ1n) is 9.57. The topological polar surface area (TPSA) is 120 Å². The van der Waals surface area contributed by atoms with Crippen LogP contribution in [0.25, 0.3) is 11.1 Å². The molecule has 1 unspecified atom stereocenters. The van der Waals surface area contributed by atoms with Crippen molar-refractivity contribution in [1.29, 1.82) is 0 Å². The van der Waals surface area contributed by atoms with Gasteiger partial charge in [-0.15, -0.1) is 0 Å². The average molecular weight is 440 g/mol. The van der Waals surface area contributed by atoms with Gasteiger partial charge in [-0.3, -0.25) is 30.6 Å². The van der Waals surface area contributed by atoms with E-state index in [1.165, 1.54) is 12.4 Å². The fourth-order valence-corrected chi connectivity index (χ4v) is 2.79. The predicted octanol–water partition coefficient (Wildman–Crippen LogP) is 3.04. The van der Waals surface area contributed by atoms with Crippen LogP contribution in [0.4, 0.5) is 19.0 Å². The molecule has 12 heteroatoms. The number of carbonyl (C=O) groups excluding carboxylic acids is 2. The van der Waals surface area contributed by atoms with Crippen LogP contribution in [0.15, 0.2) is 30.7 Å². The van der Waals surface area contributed by atoms with Crippen LogP contribution in [0.2, 0.25) is 0 Å². The van der Waals surface area contributed by atoms with Crippen LogP contribution in [0.1, 0.15) is 38.4 Å².